The van der Waals surface area contributed by atoms with Gasteiger partial charge < -0.3 is 10.2 Å². The van der Waals surface area contributed by atoms with Crippen molar-refractivity contribution in [2.45, 2.75) is 58.7 Å². The smallest absolute Gasteiger partial charge is 0.250 e. The van der Waals surface area contributed by atoms with Gasteiger partial charge in [0.05, 0.1) is 9.79 Å². The lowest BCUT2D eigenvalue weighted by Crippen LogP contribution is -2.40. The van der Waals surface area contributed by atoms with Crippen molar-refractivity contribution in [3.05, 3.63) is 53.7 Å². The first-order valence-electron chi connectivity index (χ1n) is 11.2. The highest BCUT2D eigenvalue weighted by Crippen LogP contribution is 2.30. The van der Waals surface area contributed by atoms with Crippen LogP contribution in [0, 0.1) is 6.92 Å². The van der Waals surface area contributed by atoms with Crippen molar-refractivity contribution < 1.29 is 16.8 Å². The number of nitrogens with one attached hydrogen (secondary N) is 2. The first kappa shape index (κ1) is 25.5. The number of sulfonamides is 1. The third-order valence-electron chi connectivity index (χ3n) is 5.86. The molecular formula is C23H29N5O4S3. The van der Waals surface area contributed by atoms with Crippen LogP contribution in [0.15, 0.2) is 61.8 Å². The molecular weight excluding hydrogens is 506 g/mol. The summed E-state index contributed by atoms with van der Waals surface area (Å²) >= 11 is 0.914. The van der Waals surface area contributed by atoms with Gasteiger partial charge in [0.1, 0.15) is 21.7 Å². The van der Waals surface area contributed by atoms with Gasteiger partial charge in [-0.05, 0) is 50.8 Å². The molecule has 0 saturated heterocycles. The zero-order valence-electron chi connectivity index (χ0n) is 19.8. The summed E-state index contributed by atoms with van der Waals surface area (Å²) < 4.78 is 54.3. The largest absolute Gasteiger partial charge is 0.367 e. The third-order valence-corrected chi connectivity index (χ3v) is 10.7. The van der Waals surface area contributed by atoms with Crippen LogP contribution in [0.25, 0.3) is 0 Å². The average Bonchev–Trinajstić information content (AvgIpc) is 3.33. The number of sulfone groups is 1. The van der Waals surface area contributed by atoms with E-state index in [9.17, 15) is 16.8 Å². The number of anilines is 2. The van der Waals surface area contributed by atoms with Gasteiger partial charge in [-0.1, -0.05) is 18.2 Å². The van der Waals surface area contributed by atoms with Crippen LogP contribution in [0.4, 0.5) is 11.6 Å². The molecule has 0 aliphatic heterocycles. The molecule has 1 aliphatic carbocycles. The van der Waals surface area contributed by atoms with E-state index in [1.54, 1.807) is 18.2 Å². The molecule has 2 aromatic heterocycles. The summed E-state index contributed by atoms with van der Waals surface area (Å²) in [5.74, 6) is 2.27. The van der Waals surface area contributed by atoms with E-state index in [2.05, 4.69) is 20.0 Å². The molecule has 0 bridgehead atoms. The van der Waals surface area contributed by atoms with Gasteiger partial charge in [-0.25, -0.2) is 31.5 Å². The highest BCUT2D eigenvalue weighted by molar-refractivity contribution is 7.93. The number of hydrogen-bond donors (Lipinski definition) is 2. The summed E-state index contributed by atoms with van der Waals surface area (Å²) in [5, 5.41) is 4.83. The van der Waals surface area contributed by atoms with Crippen molar-refractivity contribution >= 4 is 42.8 Å². The highest BCUT2D eigenvalue weighted by atomic mass is 32.2. The van der Waals surface area contributed by atoms with Crippen molar-refractivity contribution in [1.82, 2.24) is 14.7 Å². The summed E-state index contributed by atoms with van der Waals surface area (Å²) in [6, 6.07) is 11.1. The number of nitrogens with zero attached hydrogens (tertiary/aromatic N) is 3. The Morgan fingerprint density at radius 1 is 0.914 bits per heavy atom. The molecule has 0 radical (unpaired) electrons. The van der Waals surface area contributed by atoms with E-state index in [1.165, 1.54) is 23.6 Å². The zero-order valence-corrected chi connectivity index (χ0v) is 22.3. The van der Waals surface area contributed by atoms with Crippen LogP contribution in [0.1, 0.15) is 31.5 Å². The molecule has 2 heterocycles. The van der Waals surface area contributed by atoms with E-state index >= 15 is 0 Å². The Kier molecular flexibility index (Phi) is 7.46. The summed E-state index contributed by atoms with van der Waals surface area (Å²) in [5.41, 5.74) is 0. The minimum atomic E-state index is -3.82. The fourth-order valence-corrected chi connectivity index (χ4v) is 8.24. The molecule has 3 aromatic rings. The monoisotopic (exact) mass is 535 g/mol. The predicted molar refractivity (Wildman–Crippen MR) is 137 cm³/mol. The molecule has 1 fully saturated rings. The molecule has 188 valence electrons. The number of aryl methyl sites for hydroxylation is 1. The van der Waals surface area contributed by atoms with Crippen LogP contribution in [0.5, 0.6) is 0 Å². The van der Waals surface area contributed by atoms with Gasteiger partial charge in [-0.15, -0.1) is 11.3 Å². The van der Waals surface area contributed by atoms with Crippen LogP contribution in [0.3, 0.4) is 0 Å². The van der Waals surface area contributed by atoms with Gasteiger partial charge in [-0.3, -0.25) is 0 Å². The predicted octanol–water partition coefficient (Wildman–Crippen LogP) is 3.45. The average molecular weight is 536 g/mol. The SMILES string of the molecule is Cc1nc(NC2CCC(NS(=O)(=O)c3cc(S(=O)(=O)c4ccccc4)cs3)CC2)cc(N(C)C)n1. The molecule has 1 saturated carbocycles. The lowest BCUT2D eigenvalue weighted by molar-refractivity contribution is 0.387. The fourth-order valence-electron chi connectivity index (χ4n) is 4.02. The van der Waals surface area contributed by atoms with Gasteiger partial charge in [0.2, 0.25) is 19.9 Å². The second-order valence-electron chi connectivity index (χ2n) is 8.79. The second kappa shape index (κ2) is 10.2. The standard InChI is InChI=1S/C23H29N5O4S3/c1-16-24-21(14-22(25-16)28(2)3)26-17-9-11-18(12-10-17)27-35(31,32)23-13-20(15-33-23)34(29,30)19-7-5-4-6-8-19/h4-8,13-15,17-18,27H,9-12H2,1-3H3,(H,24,25,26). The zero-order chi connectivity index (χ0) is 25.2. The molecule has 0 amide bonds. The Balaban J connectivity index is 1.37. The molecule has 0 atom stereocenters. The van der Waals surface area contributed by atoms with E-state index in [0.717, 1.165) is 35.8 Å². The molecule has 4 rings (SSSR count). The summed E-state index contributed by atoms with van der Waals surface area (Å²) in [7, 11) is -3.73. The maximum Gasteiger partial charge on any atom is 0.250 e. The van der Waals surface area contributed by atoms with Crippen LogP contribution in [0.2, 0.25) is 0 Å². The lowest BCUT2D eigenvalue weighted by Gasteiger charge is -2.30. The molecule has 1 aromatic carbocycles. The molecule has 0 unspecified atom stereocenters. The van der Waals surface area contributed by atoms with Gasteiger partial charge in [0.25, 0.3) is 0 Å². The number of aromatic nitrogens is 2. The molecule has 0 spiro atoms. The van der Waals surface area contributed by atoms with Crippen LogP contribution in [-0.2, 0) is 19.9 Å². The fraction of sp³-hybridized carbons (Fsp3) is 0.391. The van der Waals surface area contributed by atoms with E-state index in [4.69, 9.17) is 0 Å². The Bertz CT molecular complexity index is 1380. The van der Waals surface area contributed by atoms with E-state index in [0.29, 0.717) is 18.7 Å². The molecule has 1 aliphatic rings. The van der Waals surface area contributed by atoms with Crippen LogP contribution >= 0.6 is 11.3 Å². The van der Waals surface area contributed by atoms with Crippen molar-refractivity contribution in [2.24, 2.45) is 0 Å². The Labute approximate surface area is 210 Å². The summed E-state index contributed by atoms with van der Waals surface area (Å²) in [6.45, 7) is 1.85. The normalized spacial score (nSPS) is 18.8. The van der Waals surface area contributed by atoms with E-state index in [1.807, 2.05) is 32.0 Å². The van der Waals surface area contributed by atoms with Crippen molar-refractivity contribution in [2.75, 3.05) is 24.3 Å². The first-order valence-corrected chi connectivity index (χ1v) is 15.1. The third kappa shape index (κ3) is 6.00. The minimum absolute atomic E-state index is 0.0000646. The summed E-state index contributed by atoms with van der Waals surface area (Å²) in [4.78, 5) is 10.9. The minimum Gasteiger partial charge on any atom is -0.367 e. The first-order chi connectivity index (χ1) is 16.5. The topological polar surface area (TPSA) is 121 Å². The number of rotatable bonds is 8. The number of benzene rings is 1. The maximum atomic E-state index is 13.0. The molecule has 9 nitrogen and oxygen atoms in total. The van der Waals surface area contributed by atoms with E-state index < -0.39 is 19.9 Å². The molecule has 35 heavy (non-hydrogen) atoms. The lowest BCUT2D eigenvalue weighted by atomic mass is 9.92. The van der Waals surface area contributed by atoms with Gasteiger partial charge >= 0.3 is 0 Å². The molecule has 12 heteroatoms. The Morgan fingerprint density at radius 2 is 1.57 bits per heavy atom. The quantitative estimate of drug-likeness (QED) is 0.450. The van der Waals surface area contributed by atoms with Gasteiger partial charge in [-0.2, -0.15) is 0 Å². The molecule has 2 N–H and O–H groups in total. The van der Waals surface area contributed by atoms with Crippen molar-refractivity contribution in [1.29, 1.82) is 0 Å². The van der Waals surface area contributed by atoms with Crippen LogP contribution in [-0.4, -0.2) is 53.0 Å². The Hall–Kier alpha value is -2.54. The van der Waals surface area contributed by atoms with Gasteiger partial charge in [0, 0.05) is 37.6 Å². The second-order valence-corrected chi connectivity index (χ2v) is 13.6. The Morgan fingerprint density at radius 3 is 2.23 bits per heavy atom. The summed E-state index contributed by atoms with van der Waals surface area (Å²) in [6.07, 6.45) is 2.90. The van der Waals surface area contributed by atoms with Crippen molar-refractivity contribution in [3.8, 4) is 0 Å². The van der Waals surface area contributed by atoms with Gasteiger partial charge in [0.15, 0.2) is 0 Å². The maximum absolute atomic E-state index is 13.0. The number of hydrogen-bond acceptors (Lipinski definition) is 9. The van der Waals surface area contributed by atoms with E-state index in [-0.39, 0.29) is 26.1 Å². The number of thiophene rings is 1. The van der Waals surface area contributed by atoms with Crippen molar-refractivity contribution in [3.63, 3.8) is 0 Å². The van der Waals surface area contributed by atoms with Crippen LogP contribution < -0.4 is 14.9 Å². The highest BCUT2D eigenvalue weighted by Gasteiger charge is 2.28.